The van der Waals surface area contributed by atoms with E-state index in [4.69, 9.17) is 17.9 Å². The van der Waals surface area contributed by atoms with Gasteiger partial charge >= 0.3 is 15.4 Å². The predicted octanol–water partition coefficient (Wildman–Crippen LogP) is 3.26. The maximum absolute atomic E-state index is 12.9. The molecule has 0 radical (unpaired) electrons. The Bertz CT molecular complexity index is 817. The summed E-state index contributed by atoms with van der Waals surface area (Å²) in [6, 6.07) is 0. The minimum Gasteiger partial charge on any atom is -0.353 e. The van der Waals surface area contributed by atoms with Crippen LogP contribution >= 0.6 is 15.4 Å². The van der Waals surface area contributed by atoms with Crippen molar-refractivity contribution >= 4 is 33.1 Å². The second-order valence-corrected chi connectivity index (χ2v) is 12.5. The van der Waals surface area contributed by atoms with Gasteiger partial charge in [-0.25, -0.2) is 8.88 Å². The summed E-state index contributed by atoms with van der Waals surface area (Å²) >= 11 is 0. The van der Waals surface area contributed by atoms with Gasteiger partial charge in [0.2, 0.25) is 5.91 Å². The number of rotatable bonds is 14. The third-order valence-electron chi connectivity index (χ3n) is 5.32. The summed E-state index contributed by atoms with van der Waals surface area (Å²) in [7, 11) is -5.53. The molecule has 0 aromatic carbocycles. The van der Waals surface area contributed by atoms with Crippen LogP contribution in [0.1, 0.15) is 47.5 Å². The number of phosphoric ester groups is 1. The van der Waals surface area contributed by atoms with Crippen molar-refractivity contribution in [2.24, 2.45) is 5.41 Å². The Kier molecular flexibility index (Phi) is 10.0. The highest BCUT2D eigenvalue weighted by Gasteiger charge is 2.44. The molecule has 1 N–H and O–H groups in total. The van der Waals surface area contributed by atoms with Gasteiger partial charge < -0.3 is 9.84 Å². The standard InChI is InChI=1S/C19H34N2O9P2/c1-8-19(5,14-18(3,4)21-15(22)10-11-16(21)23)17(24)20-12-13-29-32(26,28-7)30-31(25,9-2)27-6/h10-11H,8-9,12-14H2,1-7H3,(H,20,24)/t19?,31-,32?/m1/s1. The number of amides is 3. The van der Waals surface area contributed by atoms with Crippen molar-refractivity contribution in [2.45, 2.75) is 53.0 Å². The van der Waals surface area contributed by atoms with Gasteiger partial charge in [0.1, 0.15) is 0 Å². The van der Waals surface area contributed by atoms with Crippen LogP contribution < -0.4 is 5.32 Å². The van der Waals surface area contributed by atoms with Gasteiger partial charge in [0, 0.05) is 50.0 Å². The van der Waals surface area contributed by atoms with Crippen molar-refractivity contribution in [3.8, 4) is 0 Å². The van der Waals surface area contributed by atoms with Gasteiger partial charge in [-0.05, 0) is 26.7 Å². The molecule has 0 saturated heterocycles. The average molecular weight is 496 g/mol. The summed E-state index contributed by atoms with van der Waals surface area (Å²) in [4.78, 5) is 38.2. The highest BCUT2D eigenvalue weighted by atomic mass is 31.3. The summed E-state index contributed by atoms with van der Waals surface area (Å²) in [6.45, 7) is 8.30. The summed E-state index contributed by atoms with van der Waals surface area (Å²) in [6.07, 6.45) is 3.07. The first-order chi connectivity index (χ1) is 14.7. The third-order valence-corrected chi connectivity index (χ3v) is 9.39. The Hall–Kier alpha value is -1.35. The van der Waals surface area contributed by atoms with Crippen LogP contribution in [-0.2, 0) is 41.4 Å². The lowest BCUT2D eigenvalue weighted by molar-refractivity contribution is -0.146. The summed E-state index contributed by atoms with van der Waals surface area (Å²) in [5.41, 5.74) is -1.79. The molecular formula is C19H34N2O9P2. The highest BCUT2D eigenvalue weighted by molar-refractivity contribution is 7.64. The van der Waals surface area contributed by atoms with Crippen molar-refractivity contribution in [2.75, 3.05) is 33.5 Å². The number of carbonyl (C=O) groups excluding carboxylic acids is 3. The van der Waals surface area contributed by atoms with Gasteiger partial charge in [0.15, 0.2) is 0 Å². The van der Waals surface area contributed by atoms with E-state index in [9.17, 15) is 23.5 Å². The van der Waals surface area contributed by atoms with Crippen molar-refractivity contribution in [3.05, 3.63) is 12.2 Å². The van der Waals surface area contributed by atoms with Crippen LogP contribution in [0.2, 0.25) is 0 Å². The lowest BCUT2D eigenvalue weighted by Crippen LogP contribution is -2.53. The lowest BCUT2D eigenvalue weighted by Gasteiger charge is -2.40. The van der Waals surface area contributed by atoms with E-state index in [2.05, 4.69) is 5.32 Å². The number of phosphoric acid groups is 1. The van der Waals surface area contributed by atoms with E-state index in [1.54, 1.807) is 20.8 Å². The first kappa shape index (κ1) is 28.7. The molecule has 0 saturated carbocycles. The first-order valence-electron chi connectivity index (χ1n) is 10.2. The molecule has 1 aliphatic heterocycles. The maximum Gasteiger partial charge on any atom is 0.481 e. The smallest absolute Gasteiger partial charge is 0.353 e. The van der Waals surface area contributed by atoms with Gasteiger partial charge in [-0.1, -0.05) is 20.8 Å². The minimum atomic E-state index is -4.15. The molecule has 0 spiro atoms. The minimum absolute atomic E-state index is 0.0286. The van der Waals surface area contributed by atoms with Crippen molar-refractivity contribution < 1.29 is 41.4 Å². The van der Waals surface area contributed by atoms with Gasteiger partial charge in [-0.15, -0.1) is 0 Å². The van der Waals surface area contributed by atoms with E-state index in [0.717, 1.165) is 19.1 Å². The molecule has 0 aliphatic carbocycles. The zero-order valence-corrected chi connectivity index (χ0v) is 21.5. The molecule has 11 nitrogen and oxygen atoms in total. The molecule has 1 rings (SSSR count). The fraction of sp³-hybridized carbons (Fsp3) is 0.737. The SMILES string of the molecule is CCC(C)(CC(C)(C)N1C(=O)C=CC1=O)C(=O)NCCOP(=O)(OC)O[P@@](=O)(CC)OC. The van der Waals surface area contributed by atoms with Crippen LogP contribution in [0.5, 0.6) is 0 Å². The summed E-state index contributed by atoms with van der Waals surface area (Å²) in [5.74, 6) is -1.15. The van der Waals surface area contributed by atoms with E-state index in [1.807, 2.05) is 6.92 Å². The molecule has 2 unspecified atom stereocenters. The van der Waals surface area contributed by atoms with Crippen LogP contribution in [0, 0.1) is 5.41 Å². The second kappa shape index (κ2) is 11.2. The molecule has 0 bridgehead atoms. The normalized spacial score (nSPS) is 20.0. The van der Waals surface area contributed by atoms with Gasteiger partial charge in [0.05, 0.1) is 6.61 Å². The zero-order chi connectivity index (χ0) is 24.8. The number of carbonyl (C=O) groups is 3. The van der Waals surface area contributed by atoms with Crippen LogP contribution in [0.15, 0.2) is 12.2 Å². The molecule has 3 amide bonds. The fourth-order valence-corrected chi connectivity index (χ4v) is 6.50. The molecule has 0 aromatic heterocycles. The lowest BCUT2D eigenvalue weighted by atomic mass is 9.75. The third kappa shape index (κ3) is 7.07. The van der Waals surface area contributed by atoms with Gasteiger partial charge in [0.25, 0.3) is 11.8 Å². The van der Waals surface area contributed by atoms with E-state index in [-0.39, 0.29) is 31.6 Å². The van der Waals surface area contributed by atoms with Gasteiger partial charge in [-0.3, -0.25) is 32.9 Å². The van der Waals surface area contributed by atoms with Gasteiger partial charge in [-0.2, -0.15) is 0 Å². The Morgan fingerprint density at radius 1 is 1.06 bits per heavy atom. The predicted molar refractivity (Wildman–Crippen MR) is 118 cm³/mol. The van der Waals surface area contributed by atoms with E-state index in [1.165, 1.54) is 19.1 Å². The van der Waals surface area contributed by atoms with Crippen molar-refractivity contribution in [1.29, 1.82) is 0 Å². The van der Waals surface area contributed by atoms with Crippen LogP contribution in [0.3, 0.4) is 0 Å². The number of nitrogens with zero attached hydrogens (tertiary/aromatic N) is 1. The van der Waals surface area contributed by atoms with Crippen LogP contribution in [0.4, 0.5) is 0 Å². The Morgan fingerprint density at radius 2 is 1.62 bits per heavy atom. The molecule has 32 heavy (non-hydrogen) atoms. The van der Waals surface area contributed by atoms with E-state index in [0.29, 0.717) is 6.42 Å². The molecule has 0 fully saturated rings. The number of hydrogen-bond donors (Lipinski definition) is 1. The first-order valence-corrected chi connectivity index (χ1v) is 13.4. The monoisotopic (exact) mass is 496 g/mol. The molecule has 1 aliphatic rings. The topological polar surface area (TPSA) is 138 Å². The highest BCUT2D eigenvalue weighted by Crippen LogP contribution is 2.64. The van der Waals surface area contributed by atoms with E-state index >= 15 is 0 Å². The van der Waals surface area contributed by atoms with E-state index < -0.39 is 38.2 Å². The van der Waals surface area contributed by atoms with Crippen molar-refractivity contribution in [3.63, 3.8) is 0 Å². The van der Waals surface area contributed by atoms with Crippen LogP contribution in [0.25, 0.3) is 0 Å². The molecule has 1 heterocycles. The Balaban J connectivity index is 2.73. The zero-order valence-electron chi connectivity index (χ0n) is 19.7. The molecular weight excluding hydrogens is 462 g/mol. The van der Waals surface area contributed by atoms with Crippen molar-refractivity contribution in [1.82, 2.24) is 10.2 Å². The largest absolute Gasteiger partial charge is 0.481 e. The Labute approximate surface area is 189 Å². The second-order valence-electron chi connectivity index (χ2n) is 8.16. The molecule has 0 aromatic rings. The number of nitrogens with one attached hydrogen (secondary N) is 1. The fourth-order valence-electron chi connectivity index (χ4n) is 3.41. The molecule has 13 heteroatoms. The number of hydrogen-bond acceptors (Lipinski definition) is 9. The molecule has 184 valence electrons. The summed E-state index contributed by atoms with van der Waals surface area (Å²) in [5, 5.41) is 2.70. The Morgan fingerprint density at radius 3 is 2.06 bits per heavy atom. The molecule has 3 atom stereocenters. The summed E-state index contributed by atoms with van der Waals surface area (Å²) < 4.78 is 44.3. The van der Waals surface area contributed by atoms with Crippen LogP contribution in [-0.4, -0.2) is 61.7 Å². The average Bonchev–Trinajstić information content (AvgIpc) is 3.09. The quantitative estimate of drug-likeness (QED) is 0.218. The maximum atomic E-state index is 12.9. The number of imide groups is 1.